The quantitative estimate of drug-likeness (QED) is 0.872. The van der Waals surface area contributed by atoms with Gasteiger partial charge in [-0.25, -0.2) is 8.42 Å². The summed E-state index contributed by atoms with van der Waals surface area (Å²) in [7, 11) is -5.34. The Balaban J connectivity index is 3.34. The molecule has 120 valence electrons. The Kier molecular flexibility index (Phi) is 5.81. The van der Waals surface area contributed by atoms with Crippen LogP contribution < -0.4 is 5.32 Å². The van der Waals surface area contributed by atoms with Crippen molar-refractivity contribution < 1.29 is 21.6 Å². The second kappa shape index (κ2) is 6.79. The Labute approximate surface area is 123 Å². The van der Waals surface area contributed by atoms with E-state index in [1.54, 1.807) is 13.0 Å². The van der Waals surface area contributed by atoms with Gasteiger partial charge in [-0.05, 0) is 30.5 Å². The minimum Gasteiger partial charge on any atom is -0.314 e. The molecule has 0 fully saturated rings. The van der Waals surface area contributed by atoms with Gasteiger partial charge in [-0.15, -0.1) is 0 Å². The van der Waals surface area contributed by atoms with Crippen molar-refractivity contribution >= 4 is 9.84 Å². The van der Waals surface area contributed by atoms with E-state index in [1.165, 1.54) is 12.1 Å². The SMILES string of the molecule is CCNC(CC)C(C)c1ccccc1S(=O)(=O)C(F)(F)F. The summed E-state index contributed by atoms with van der Waals surface area (Å²) in [6, 6.07) is 5.25. The summed E-state index contributed by atoms with van der Waals surface area (Å²) in [5.41, 5.74) is -5.09. The van der Waals surface area contributed by atoms with E-state index < -0.39 is 20.2 Å². The molecule has 1 aromatic carbocycles. The molecule has 21 heavy (non-hydrogen) atoms. The number of rotatable bonds is 6. The lowest BCUT2D eigenvalue weighted by molar-refractivity contribution is -0.0436. The fourth-order valence-corrected chi connectivity index (χ4v) is 3.45. The molecule has 0 bridgehead atoms. The first-order valence-corrected chi connectivity index (χ1v) is 8.28. The van der Waals surface area contributed by atoms with Gasteiger partial charge in [0.25, 0.3) is 9.84 Å². The third kappa shape index (κ3) is 3.77. The van der Waals surface area contributed by atoms with Crippen LogP contribution in [0.3, 0.4) is 0 Å². The third-order valence-corrected chi connectivity index (χ3v) is 5.07. The largest absolute Gasteiger partial charge is 0.501 e. The summed E-state index contributed by atoms with van der Waals surface area (Å²) in [4.78, 5) is -0.652. The first-order chi connectivity index (χ1) is 9.66. The van der Waals surface area contributed by atoms with E-state index in [2.05, 4.69) is 5.32 Å². The Morgan fingerprint density at radius 3 is 2.24 bits per heavy atom. The number of benzene rings is 1. The molecule has 0 aliphatic carbocycles. The standard InChI is InChI=1S/C14H20F3NO2S/c1-4-12(18-5-2)10(3)11-8-6-7-9-13(11)21(19,20)14(15,16)17/h6-10,12,18H,4-5H2,1-3H3. The second-order valence-electron chi connectivity index (χ2n) is 4.85. The zero-order chi connectivity index (χ0) is 16.3. The molecule has 0 heterocycles. The Hall–Kier alpha value is -1.08. The molecule has 0 saturated carbocycles. The maximum Gasteiger partial charge on any atom is 0.501 e. The van der Waals surface area contributed by atoms with E-state index >= 15 is 0 Å². The van der Waals surface area contributed by atoms with Gasteiger partial charge >= 0.3 is 5.51 Å². The summed E-state index contributed by atoms with van der Waals surface area (Å²) in [5, 5.41) is 3.17. The van der Waals surface area contributed by atoms with E-state index in [1.807, 2.05) is 13.8 Å². The maximum atomic E-state index is 12.8. The fraction of sp³-hybridized carbons (Fsp3) is 0.571. The zero-order valence-electron chi connectivity index (χ0n) is 12.2. The Morgan fingerprint density at radius 2 is 1.76 bits per heavy atom. The van der Waals surface area contributed by atoms with E-state index in [-0.39, 0.29) is 17.5 Å². The Bertz CT molecular complexity index is 570. The highest BCUT2D eigenvalue weighted by atomic mass is 32.2. The molecule has 0 amide bonds. The normalized spacial score (nSPS) is 15.7. The number of likely N-dealkylation sites (N-methyl/N-ethyl adjacent to an activating group) is 1. The molecule has 7 heteroatoms. The maximum absolute atomic E-state index is 12.8. The first-order valence-electron chi connectivity index (χ1n) is 6.80. The van der Waals surface area contributed by atoms with E-state index in [9.17, 15) is 21.6 Å². The average Bonchev–Trinajstić information content (AvgIpc) is 2.42. The molecule has 3 nitrogen and oxygen atoms in total. The number of sulfone groups is 1. The van der Waals surface area contributed by atoms with Gasteiger partial charge in [0.05, 0.1) is 4.90 Å². The molecule has 1 N–H and O–H groups in total. The molecule has 0 aromatic heterocycles. The molecule has 0 saturated heterocycles. The van der Waals surface area contributed by atoms with Crippen LogP contribution >= 0.6 is 0 Å². The lowest BCUT2D eigenvalue weighted by Gasteiger charge is -2.26. The van der Waals surface area contributed by atoms with Gasteiger partial charge < -0.3 is 5.32 Å². The van der Waals surface area contributed by atoms with Crippen LogP contribution in [0.4, 0.5) is 13.2 Å². The summed E-state index contributed by atoms with van der Waals surface area (Å²) in [5.74, 6) is -0.344. The summed E-state index contributed by atoms with van der Waals surface area (Å²) < 4.78 is 61.8. The van der Waals surface area contributed by atoms with E-state index in [4.69, 9.17) is 0 Å². The fourth-order valence-electron chi connectivity index (χ4n) is 2.38. The number of alkyl halides is 3. The third-order valence-electron chi connectivity index (χ3n) is 3.51. The van der Waals surface area contributed by atoms with Gasteiger partial charge in [-0.3, -0.25) is 0 Å². The molecule has 0 aliphatic rings. The lowest BCUT2D eigenvalue weighted by atomic mass is 9.91. The predicted molar refractivity (Wildman–Crippen MR) is 75.9 cm³/mol. The molecule has 2 atom stereocenters. The van der Waals surface area contributed by atoms with Crippen molar-refractivity contribution in [2.75, 3.05) is 6.54 Å². The topological polar surface area (TPSA) is 46.2 Å². The van der Waals surface area contributed by atoms with Gasteiger partial charge in [-0.1, -0.05) is 39.0 Å². The van der Waals surface area contributed by atoms with Crippen LogP contribution in [0.2, 0.25) is 0 Å². The highest BCUT2D eigenvalue weighted by Crippen LogP contribution is 2.35. The summed E-state index contributed by atoms with van der Waals surface area (Å²) in [6.07, 6.45) is 0.690. The molecule has 0 spiro atoms. The van der Waals surface area contributed by atoms with Crippen LogP contribution in [-0.4, -0.2) is 26.5 Å². The predicted octanol–water partition coefficient (Wildman–Crippen LogP) is 3.47. The van der Waals surface area contributed by atoms with Crippen molar-refractivity contribution in [3.05, 3.63) is 29.8 Å². The lowest BCUT2D eigenvalue weighted by Crippen LogP contribution is -2.34. The molecule has 0 aliphatic heterocycles. The number of nitrogens with one attached hydrogen (secondary N) is 1. The molecule has 1 aromatic rings. The van der Waals surface area contributed by atoms with Crippen LogP contribution in [0.5, 0.6) is 0 Å². The molecular weight excluding hydrogens is 303 g/mol. The van der Waals surface area contributed by atoms with Gasteiger partial charge in [0.2, 0.25) is 0 Å². The van der Waals surface area contributed by atoms with E-state index in [0.717, 1.165) is 6.07 Å². The number of halogens is 3. The molecule has 1 rings (SSSR count). The zero-order valence-corrected chi connectivity index (χ0v) is 13.1. The summed E-state index contributed by atoms with van der Waals surface area (Å²) >= 11 is 0. The van der Waals surface area contributed by atoms with Crippen LogP contribution in [-0.2, 0) is 9.84 Å². The minimum atomic E-state index is -5.34. The highest BCUT2D eigenvalue weighted by molar-refractivity contribution is 7.92. The molecule has 2 unspecified atom stereocenters. The van der Waals surface area contributed by atoms with Crippen molar-refractivity contribution in [1.29, 1.82) is 0 Å². The van der Waals surface area contributed by atoms with Crippen molar-refractivity contribution in [3.63, 3.8) is 0 Å². The van der Waals surface area contributed by atoms with Gasteiger partial charge in [0, 0.05) is 6.04 Å². The van der Waals surface area contributed by atoms with Crippen molar-refractivity contribution in [2.24, 2.45) is 0 Å². The smallest absolute Gasteiger partial charge is 0.314 e. The van der Waals surface area contributed by atoms with E-state index in [0.29, 0.717) is 13.0 Å². The monoisotopic (exact) mass is 323 g/mol. The van der Waals surface area contributed by atoms with Crippen molar-refractivity contribution in [3.8, 4) is 0 Å². The average molecular weight is 323 g/mol. The molecule has 0 radical (unpaired) electrons. The summed E-state index contributed by atoms with van der Waals surface area (Å²) in [6.45, 7) is 6.21. The van der Waals surface area contributed by atoms with Crippen LogP contribution in [0.1, 0.15) is 38.7 Å². The van der Waals surface area contributed by atoms with Crippen molar-refractivity contribution in [1.82, 2.24) is 5.32 Å². The van der Waals surface area contributed by atoms with Crippen LogP contribution in [0.25, 0.3) is 0 Å². The van der Waals surface area contributed by atoms with Gasteiger partial charge in [0.15, 0.2) is 0 Å². The van der Waals surface area contributed by atoms with Crippen LogP contribution in [0, 0.1) is 0 Å². The number of hydrogen-bond acceptors (Lipinski definition) is 3. The first kappa shape index (κ1) is 18.0. The number of hydrogen-bond donors (Lipinski definition) is 1. The van der Waals surface area contributed by atoms with Gasteiger partial charge in [0.1, 0.15) is 0 Å². The van der Waals surface area contributed by atoms with Gasteiger partial charge in [-0.2, -0.15) is 13.2 Å². The molecular formula is C14H20F3NO2S. The Morgan fingerprint density at radius 1 is 1.19 bits per heavy atom. The van der Waals surface area contributed by atoms with Crippen LogP contribution in [0.15, 0.2) is 29.2 Å². The second-order valence-corrected chi connectivity index (χ2v) is 6.76. The van der Waals surface area contributed by atoms with Crippen molar-refractivity contribution in [2.45, 2.75) is 49.6 Å². The minimum absolute atomic E-state index is 0.0837. The highest BCUT2D eigenvalue weighted by Gasteiger charge is 2.48.